The maximum atomic E-state index is 11.1. The lowest BCUT2D eigenvalue weighted by atomic mass is 10.3. The summed E-state index contributed by atoms with van der Waals surface area (Å²) in [6.07, 6.45) is 0. The van der Waals surface area contributed by atoms with Gasteiger partial charge < -0.3 is 5.11 Å². The molecule has 0 atom stereocenters. The smallest absolute Gasteiger partial charge is 0.290 e. The maximum absolute atomic E-state index is 11.1. The third kappa shape index (κ3) is 3.85. The van der Waals surface area contributed by atoms with Crippen molar-refractivity contribution in [3.63, 3.8) is 0 Å². The number of carbonyl (C=O) groups is 1. The summed E-state index contributed by atoms with van der Waals surface area (Å²) in [5.41, 5.74) is -0.374. The number of rotatable bonds is 4. The lowest BCUT2D eigenvalue weighted by Gasteiger charge is -1.98. The fourth-order valence-electron chi connectivity index (χ4n) is 1.21. The number of benzene rings is 1. The quantitative estimate of drug-likeness (QED) is 0.299. The molecule has 19 heavy (non-hydrogen) atoms. The number of halogens is 1. The van der Waals surface area contributed by atoms with Crippen LogP contribution in [0, 0.1) is 10.1 Å². The second-order valence-corrected chi connectivity index (χ2v) is 3.99. The molecule has 0 amide bonds. The van der Waals surface area contributed by atoms with Crippen LogP contribution in [-0.4, -0.2) is 15.8 Å². The van der Waals surface area contributed by atoms with Crippen LogP contribution < -0.4 is 0 Å². The molecule has 1 rings (SSSR count). The molecule has 0 saturated carbocycles. The van der Waals surface area contributed by atoms with Gasteiger partial charge in [0, 0.05) is 13.0 Å². The Hall–Kier alpha value is -2.28. The average molecular weight is 284 g/mol. The van der Waals surface area contributed by atoms with Crippen molar-refractivity contribution < 1.29 is 14.8 Å². The Morgan fingerprint density at radius 2 is 2.05 bits per heavy atom. The van der Waals surface area contributed by atoms with Gasteiger partial charge in [-0.1, -0.05) is 11.6 Å². The van der Waals surface area contributed by atoms with Crippen molar-refractivity contribution in [2.24, 2.45) is 10.2 Å². The minimum absolute atomic E-state index is 0.0235. The first-order chi connectivity index (χ1) is 8.82. The molecule has 0 bridgehead atoms. The molecule has 0 saturated heterocycles. The Bertz CT molecular complexity index is 592. The summed E-state index contributed by atoms with van der Waals surface area (Å²) >= 11 is 5.64. The van der Waals surface area contributed by atoms with Gasteiger partial charge in [-0.25, -0.2) is 0 Å². The Morgan fingerprint density at radius 1 is 1.42 bits per heavy atom. The van der Waals surface area contributed by atoms with E-state index in [2.05, 4.69) is 10.2 Å². The van der Waals surface area contributed by atoms with Gasteiger partial charge in [0.25, 0.3) is 5.69 Å². The standard InChI is InChI=1S/C11H10ClN3O4/c1-6(16)11(7(2)17)14-13-8-3-4-9(12)10(5-8)15(18)19/h3-5,16H,1-2H3/b11-6+,14-13?. The van der Waals surface area contributed by atoms with Gasteiger partial charge >= 0.3 is 0 Å². The average Bonchev–Trinajstić information content (AvgIpc) is 2.30. The Balaban J connectivity index is 3.13. The third-order valence-electron chi connectivity index (χ3n) is 2.07. The van der Waals surface area contributed by atoms with Crippen molar-refractivity contribution in [3.05, 3.63) is 44.8 Å². The topological polar surface area (TPSA) is 105 Å². The lowest BCUT2D eigenvalue weighted by molar-refractivity contribution is -0.384. The molecule has 0 aromatic heterocycles. The predicted octanol–water partition coefficient (Wildman–Crippen LogP) is 3.71. The molecule has 1 N–H and O–H groups in total. The molecular formula is C11H10ClN3O4. The van der Waals surface area contributed by atoms with Crippen LogP contribution in [0.3, 0.4) is 0 Å². The minimum atomic E-state index is -0.652. The minimum Gasteiger partial charge on any atom is -0.510 e. The summed E-state index contributed by atoms with van der Waals surface area (Å²) in [5.74, 6) is -0.744. The van der Waals surface area contributed by atoms with E-state index in [0.717, 1.165) is 6.07 Å². The molecule has 0 aliphatic rings. The Kier molecular flexibility index (Phi) is 4.71. The number of nitro groups is 1. The number of Topliss-reactive ketones (excluding diaryl/α,β-unsaturated/α-hetero) is 1. The highest BCUT2D eigenvalue weighted by Gasteiger charge is 2.13. The molecule has 0 aliphatic heterocycles. The zero-order valence-electron chi connectivity index (χ0n) is 10.1. The molecule has 7 nitrogen and oxygen atoms in total. The normalized spacial score (nSPS) is 12.4. The number of allylic oxidation sites excluding steroid dienone is 2. The second-order valence-electron chi connectivity index (χ2n) is 3.58. The summed E-state index contributed by atoms with van der Waals surface area (Å²) in [6.45, 7) is 2.51. The fraction of sp³-hybridized carbons (Fsp3) is 0.182. The number of azo groups is 1. The first-order valence-electron chi connectivity index (χ1n) is 5.09. The van der Waals surface area contributed by atoms with E-state index in [9.17, 15) is 20.0 Å². The van der Waals surface area contributed by atoms with E-state index in [4.69, 9.17) is 11.6 Å². The van der Waals surface area contributed by atoms with Crippen LogP contribution in [0.2, 0.25) is 5.02 Å². The van der Waals surface area contributed by atoms with E-state index >= 15 is 0 Å². The highest BCUT2D eigenvalue weighted by atomic mass is 35.5. The first-order valence-corrected chi connectivity index (χ1v) is 5.47. The number of hydrogen-bond donors (Lipinski definition) is 1. The lowest BCUT2D eigenvalue weighted by Crippen LogP contribution is -1.96. The number of aliphatic hydroxyl groups excluding tert-OH is 1. The van der Waals surface area contributed by atoms with Gasteiger partial charge in [-0.15, -0.1) is 5.11 Å². The Labute approximate surface area is 113 Å². The van der Waals surface area contributed by atoms with Gasteiger partial charge in [0.2, 0.25) is 0 Å². The molecule has 0 spiro atoms. The van der Waals surface area contributed by atoms with Gasteiger partial charge in [-0.3, -0.25) is 14.9 Å². The van der Waals surface area contributed by atoms with Gasteiger partial charge in [0.1, 0.15) is 10.8 Å². The van der Waals surface area contributed by atoms with Gasteiger partial charge in [0.15, 0.2) is 11.5 Å². The molecule has 0 heterocycles. The highest BCUT2D eigenvalue weighted by Crippen LogP contribution is 2.29. The highest BCUT2D eigenvalue weighted by molar-refractivity contribution is 6.32. The summed E-state index contributed by atoms with van der Waals surface area (Å²) < 4.78 is 0. The maximum Gasteiger partial charge on any atom is 0.290 e. The van der Waals surface area contributed by atoms with Crippen LogP contribution in [0.25, 0.3) is 0 Å². The van der Waals surface area contributed by atoms with Crippen molar-refractivity contribution in [2.75, 3.05) is 0 Å². The monoisotopic (exact) mass is 283 g/mol. The van der Waals surface area contributed by atoms with Crippen LogP contribution in [0.5, 0.6) is 0 Å². The molecule has 8 heteroatoms. The molecule has 0 unspecified atom stereocenters. The Morgan fingerprint density at radius 3 is 2.53 bits per heavy atom. The van der Waals surface area contributed by atoms with Crippen molar-refractivity contribution in [2.45, 2.75) is 13.8 Å². The summed E-state index contributed by atoms with van der Waals surface area (Å²) in [5, 5.41) is 27.1. The van der Waals surface area contributed by atoms with Gasteiger partial charge in [-0.2, -0.15) is 5.11 Å². The number of aliphatic hydroxyl groups is 1. The van der Waals surface area contributed by atoms with Crippen LogP contribution in [-0.2, 0) is 4.79 Å². The van der Waals surface area contributed by atoms with Crippen molar-refractivity contribution in [1.82, 2.24) is 0 Å². The van der Waals surface area contributed by atoms with E-state index in [-0.39, 0.29) is 27.9 Å². The number of carbonyl (C=O) groups excluding carboxylic acids is 1. The van der Waals surface area contributed by atoms with Gasteiger partial charge in [0.05, 0.1) is 10.6 Å². The van der Waals surface area contributed by atoms with E-state index in [1.54, 1.807) is 0 Å². The number of nitro benzene ring substituents is 1. The molecule has 100 valence electrons. The molecule has 1 aromatic rings. The molecular weight excluding hydrogens is 274 g/mol. The zero-order valence-corrected chi connectivity index (χ0v) is 10.9. The SMILES string of the molecule is CC(=O)/C(N=Nc1ccc(Cl)c([N+](=O)[O-])c1)=C(/C)O. The number of nitrogens with zero attached hydrogens (tertiary/aromatic N) is 3. The van der Waals surface area contributed by atoms with E-state index in [0.29, 0.717) is 0 Å². The molecule has 0 aliphatic carbocycles. The van der Waals surface area contributed by atoms with Crippen LogP contribution >= 0.6 is 11.6 Å². The van der Waals surface area contributed by atoms with Crippen molar-refractivity contribution in [1.29, 1.82) is 0 Å². The third-order valence-corrected chi connectivity index (χ3v) is 2.39. The van der Waals surface area contributed by atoms with E-state index < -0.39 is 10.7 Å². The molecule has 0 radical (unpaired) electrons. The number of hydrogen-bond acceptors (Lipinski definition) is 6. The molecule has 1 aromatic carbocycles. The van der Waals surface area contributed by atoms with Crippen molar-refractivity contribution >= 4 is 28.8 Å². The summed E-state index contributed by atoms with van der Waals surface area (Å²) in [4.78, 5) is 21.2. The summed E-state index contributed by atoms with van der Waals surface area (Å²) in [7, 11) is 0. The van der Waals surface area contributed by atoms with E-state index in [1.807, 2.05) is 0 Å². The van der Waals surface area contributed by atoms with Crippen molar-refractivity contribution in [3.8, 4) is 0 Å². The second kappa shape index (κ2) is 6.05. The van der Waals surface area contributed by atoms with Crippen LogP contribution in [0.1, 0.15) is 13.8 Å². The van der Waals surface area contributed by atoms with Crippen LogP contribution in [0.4, 0.5) is 11.4 Å². The van der Waals surface area contributed by atoms with Crippen LogP contribution in [0.15, 0.2) is 39.9 Å². The summed E-state index contributed by atoms with van der Waals surface area (Å²) in [6, 6.07) is 3.83. The van der Waals surface area contributed by atoms with Gasteiger partial charge in [-0.05, 0) is 19.1 Å². The molecule has 0 fully saturated rings. The largest absolute Gasteiger partial charge is 0.510 e. The zero-order chi connectivity index (χ0) is 14.6. The number of ketones is 1. The van der Waals surface area contributed by atoms with E-state index in [1.165, 1.54) is 26.0 Å². The predicted molar refractivity (Wildman–Crippen MR) is 68.6 cm³/mol. The fourth-order valence-corrected chi connectivity index (χ4v) is 1.39. The first kappa shape index (κ1) is 14.8.